The van der Waals surface area contributed by atoms with Crippen LogP contribution in [0.5, 0.6) is 0 Å². The van der Waals surface area contributed by atoms with Crippen LogP contribution in [-0.4, -0.2) is 23.0 Å². The number of aromatic nitrogens is 3. The predicted molar refractivity (Wildman–Crippen MR) is 127 cm³/mol. The lowest BCUT2D eigenvalue weighted by atomic mass is 10.1. The van der Waals surface area contributed by atoms with Crippen molar-refractivity contribution in [2.75, 3.05) is 5.73 Å². The zero-order chi connectivity index (χ0) is 22.6. The highest BCUT2D eigenvalue weighted by Crippen LogP contribution is 2.38. The molecule has 32 heavy (non-hydrogen) atoms. The summed E-state index contributed by atoms with van der Waals surface area (Å²) in [6.45, 7) is 5.85. The second-order valence-corrected chi connectivity index (χ2v) is 9.93. The zero-order valence-electron chi connectivity index (χ0n) is 18.0. The van der Waals surface area contributed by atoms with Crippen LogP contribution in [0, 0.1) is 20.8 Å². The Morgan fingerprint density at radius 1 is 0.812 bits per heavy atom. The van der Waals surface area contributed by atoms with Crippen LogP contribution in [0.2, 0.25) is 0 Å². The fourth-order valence-corrected chi connectivity index (χ4v) is 5.43. The van der Waals surface area contributed by atoms with Gasteiger partial charge in [0, 0.05) is 0 Å². The third-order valence-electron chi connectivity index (χ3n) is 5.66. The topological polar surface area (TPSA) is 90.9 Å². The number of hydrogen-bond acceptors (Lipinski definition) is 5. The first kappa shape index (κ1) is 20.2. The summed E-state index contributed by atoms with van der Waals surface area (Å²) >= 11 is 0. The molecule has 0 spiro atoms. The van der Waals surface area contributed by atoms with E-state index in [1.165, 1.54) is 0 Å². The molecule has 0 amide bonds. The summed E-state index contributed by atoms with van der Waals surface area (Å²) in [7, 11) is -3.94. The Morgan fingerprint density at radius 3 is 2.12 bits per heavy atom. The molecule has 3 aromatic carbocycles. The van der Waals surface area contributed by atoms with Crippen LogP contribution in [0.25, 0.3) is 27.9 Å². The van der Waals surface area contributed by atoms with Gasteiger partial charge in [-0.3, -0.25) is 4.57 Å². The molecule has 0 saturated heterocycles. The molecule has 0 unspecified atom stereocenters. The van der Waals surface area contributed by atoms with E-state index in [0.29, 0.717) is 16.7 Å². The summed E-state index contributed by atoms with van der Waals surface area (Å²) < 4.78 is 29.2. The highest BCUT2D eigenvalue weighted by atomic mass is 32.2. The number of nitrogen functional groups attached to an aromatic ring is 1. The molecular weight excluding hydrogens is 420 g/mol. The monoisotopic (exact) mass is 442 g/mol. The van der Waals surface area contributed by atoms with Crippen molar-refractivity contribution < 1.29 is 8.42 Å². The van der Waals surface area contributed by atoms with Gasteiger partial charge in [-0.15, -0.1) is 0 Å². The maximum Gasteiger partial charge on any atom is 0.212 e. The number of rotatable bonds is 3. The van der Waals surface area contributed by atoms with Crippen LogP contribution >= 0.6 is 0 Å². The molecule has 2 heterocycles. The van der Waals surface area contributed by atoms with Crippen LogP contribution < -0.4 is 5.73 Å². The average molecular weight is 443 g/mol. The van der Waals surface area contributed by atoms with Gasteiger partial charge in [-0.05, 0) is 62.2 Å². The highest BCUT2D eigenvalue weighted by Gasteiger charge is 2.31. The zero-order valence-corrected chi connectivity index (χ0v) is 18.8. The van der Waals surface area contributed by atoms with E-state index in [4.69, 9.17) is 15.7 Å². The lowest BCUT2D eigenvalue weighted by molar-refractivity contribution is 0.597. The number of aryl methyl sites for hydroxylation is 3. The molecule has 7 heteroatoms. The molecule has 6 nitrogen and oxygen atoms in total. The van der Waals surface area contributed by atoms with Crippen molar-refractivity contribution in [2.45, 2.75) is 30.6 Å². The summed E-state index contributed by atoms with van der Waals surface area (Å²) in [5.74, 6) is 0.101. The minimum atomic E-state index is -3.94. The van der Waals surface area contributed by atoms with E-state index in [1.54, 1.807) is 28.8 Å². The van der Waals surface area contributed by atoms with Gasteiger partial charge in [-0.1, -0.05) is 42.0 Å². The van der Waals surface area contributed by atoms with Gasteiger partial charge >= 0.3 is 0 Å². The van der Waals surface area contributed by atoms with Crippen LogP contribution in [0.4, 0.5) is 5.82 Å². The molecule has 0 atom stereocenters. The number of fused-ring (bicyclic) bond motifs is 2. The molecule has 0 bridgehead atoms. The fourth-order valence-electron chi connectivity index (χ4n) is 3.94. The minimum absolute atomic E-state index is 0.0180. The molecule has 0 radical (unpaired) electrons. The van der Waals surface area contributed by atoms with E-state index in [0.717, 1.165) is 22.4 Å². The SMILES string of the molecule is Cc1ccc(S(=O)(=O)c2c(N)n(-c3cc(C)ccc3C)c3nc4ccccc4nc23)cc1. The average Bonchev–Trinajstić information content (AvgIpc) is 3.05. The molecule has 2 N–H and O–H groups in total. The van der Waals surface area contributed by atoms with Gasteiger partial charge in [-0.2, -0.15) is 0 Å². The fraction of sp³-hybridized carbons (Fsp3) is 0.120. The maximum absolute atomic E-state index is 13.8. The van der Waals surface area contributed by atoms with Crippen LogP contribution in [-0.2, 0) is 9.84 Å². The standard InChI is InChI=1S/C25H22N4O2S/c1-15-9-12-18(13-10-15)32(30,31)23-22-25(28-20-7-5-4-6-19(20)27-22)29(24(23)26)21-14-16(2)8-11-17(21)3/h4-14H,26H2,1-3H3. The van der Waals surface area contributed by atoms with Crippen molar-refractivity contribution in [1.82, 2.24) is 14.5 Å². The van der Waals surface area contributed by atoms with E-state index in [-0.39, 0.29) is 21.1 Å². The lowest BCUT2D eigenvalue weighted by Gasteiger charge is -2.12. The van der Waals surface area contributed by atoms with Gasteiger partial charge < -0.3 is 5.73 Å². The largest absolute Gasteiger partial charge is 0.384 e. The van der Waals surface area contributed by atoms with Gasteiger partial charge in [0.15, 0.2) is 5.65 Å². The number of para-hydroxylation sites is 2. The predicted octanol–water partition coefficient (Wildman–Crippen LogP) is 4.91. The maximum atomic E-state index is 13.8. The Bertz CT molecular complexity index is 1620. The lowest BCUT2D eigenvalue weighted by Crippen LogP contribution is -2.08. The number of benzene rings is 3. The third kappa shape index (κ3) is 3.05. The summed E-state index contributed by atoms with van der Waals surface area (Å²) in [5, 5.41) is 0. The second kappa shape index (κ2) is 7.17. The number of sulfone groups is 1. The third-order valence-corrected chi connectivity index (χ3v) is 7.49. The van der Waals surface area contributed by atoms with E-state index >= 15 is 0 Å². The molecule has 2 aromatic heterocycles. The van der Waals surface area contributed by atoms with Crippen LogP contribution in [0.15, 0.2) is 76.5 Å². The molecular formula is C25H22N4O2S. The van der Waals surface area contributed by atoms with Crippen molar-refractivity contribution in [2.24, 2.45) is 0 Å². The first-order valence-corrected chi connectivity index (χ1v) is 11.7. The summed E-state index contributed by atoms with van der Waals surface area (Å²) in [4.78, 5) is 9.64. The number of hydrogen-bond donors (Lipinski definition) is 1. The van der Waals surface area contributed by atoms with E-state index < -0.39 is 9.84 Å². The Labute approximate surface area is 186 Å². The van der Waals surface area contributed by atoms with Crippen molar-refractivity contribution in [3.8, 4) is 5.69 Å². The second-order valence-electron chi connectivity index (χ2n) is 8.04. The molecule has 0 fully saturated rings. The quantitative estimate of drug-likeness (QED) is 0.428. The van der Waals surface area contributed by atoms with Crippen LogP contribution in [0.1, 0.15) is 16.7 Å². The summed E-state index contributed by atoms with van der Waals surface area (Å²) in [5.41, 5.74) is 12.3. The molecule has 0 aliphatic heterocycles. The van der Waals surface area contributed by atoms with Crippen molar-refractivity contribution >= 4 is 37.9 Å². The summed E-state index contributed by atoms with van der Waals surface area (Å²) in [6, 6.07) is 20.1. The molecule has 160 valence electrons. The van der Waals surface area contributed by atoms with Crippen LogP contribution in [0.3, 0.4) is 0 Å². The van der Waals surface area contributed by atoms with E-state index in [1.807, 2.05) is 63.2 Å². The van der Waals surface area contributed by atoms with Crippen molar-refractivity contribution in [3.05, 3.63) is 83.4 Å². The van der Waals surface area contributed by atoms with Gasteiger partial charge in [-0.25, -0.2) is 18.4 Å². The Morgan fingerprint density at radius 2 is 1.44 bits per heavy atom. The van der Waals surface area contributed by atoms with Gasteiger partial charge in [0.05, 0.1) is 21.6 Å². The molecule has 5 aromatic rings. The smallest absolute Gasteiger partial charge is 0.212 e. The Balaban J connectivity index is 1.93. The van der Waals surface area contributed by atoms with Gasteiger partial charge in [0.1, 0.15) is 16.2 Å². The van der Waals surface area contributed by atoms with Crippen molar-refractivity contribution in [1.29, 1.82) is 0 Å². The molecule has 0 saturated carbocycles. The first-order chi connectivity index (χ1) is 15.3. The molecule has 5 rings (SSSR count). The number of nitrogens with zero attached hydrogens (tertiary/aromatic N) is 3. The van der Waals surface area contributed by atoms with E-state index in [2.05, 4.69) is 0 Å². The number of nitrogens with two attached hydrogens (primary N) is 1. The Hall–Kier alpha value is -3.71. The van der Waals surface area contributed by atoms with Gasteiger partial charge in [0.2, 0.25) is 9.84 Å². The van der Waals surface area contributed by atoms with Crippen molar-refractivity contribution in [3.63, 3.8) is 0 Å². The van der Waals surface area contributed by atoms with E-state index in [9.17, 15) is 8.42 Å². The minimum Gasteiger partial charge on any atom is -0.384 e. The normalized spacial score (nSPS) is 12.0. The number of anilines is 1. The van der Waals surface area contributed by atoms with Gasteiger partial charge in [0.25, 0.3) is 0 Å². The highest BCUT2D eigenvalue weighted by molar-refractivity contribution is 7.92. The molecule has 0 aliphatic carbocycles. The Kier molecular flexibility index (Phi) is 4.53. The summed E-state index contributed by atoms with van der Waals surface area (Å²) in [6.07, 6.45) is 0. The molecule has 0 aliphatic rings. The first-order valence-electron chi connectivity index (χ1n) is 10.2.